The molecule has 11 heavy (non-hydrogen) atoms. The van der Waals surface area contributed by atoms with Crippen LogP contribution in [0.5, 0.6) is 0 Å². The smallest absolute Gasteiger partial charge is 0.132 e. The summed E-state index contributed by atoms with van der Waals surface area (Å²) in [5, 5.41) is 3.95. The number of fused-ring (bicyclic) bond motifs is 1. The topological polar surface area (TPSA) is 24.9 Å². The van der Waals surface area contributed by atoms with Gasteiger partial charge >= 0.3 is 0 Å². The monoisotopic (exact) mass is 168 g/mol. The van der Waals surface area contributed by atoms with E-state index in [2.05, 4.69) is 10.3 Å². The molecule has 2 rings (SSSR count). The maximum Gasteiger partial charge on any atom is 0.132 e. The first-order chi connectivity index (χ1) is 5.38. The molecule has 0 saturated carbocycles. The van der Waals surface area contributed by atoms with E-state index >= 15 is 0 Å². The molecular formula is C8H9ClN2. The van der Waals surface area contributed by atoms with Crippen molar-refractivity contribution >= 4 is 11.6 Å². The van der Waals surface area contributed by atoms with E-state index < -0.39 is 0 Å². The van der Waals surface area contributed by atoms with E-state index in [4.69, 9.17) is 11.6 Å². The van der Waals surface area contributed by atoms with Crippen LogP contribution in [0.25, 0.3) is 0 Å². The lowest BCUT2D eigenvalue weighted by atomic mass is 10.0. The molecule has 0 radical (unpaired) electrons. The van der Waals surface area contributed by atoms with Crippen LogP contribution in [-0.4, -0.2) is 11.5 Å². The fourth-order valence-electron chi connectivity index (χ4n) is 1.37. The normalized spacial score (nSPS) is 16.1. The highest BCUT2D eigenvalue weighted by atomic mass is 35.5. The zero-order valence-corrected chi connectivity index (χ0v) is 6.86. The minimum Gasteiger partial charge on any atom is -0.312 e. The molecule has 1 aliphatic heterocycles. The van der Waals surface area contributed by atoms with Gasteiger partial charge in [0.25, 0.3) is 0 Å². The summed E-state index contributed by atoms with van der Waals surface area (Å²) in [5.41, 5.74) is 2.50. The maximum atomic E-state index is 5.90. The number of hydrogen-bond donors (Lipinski definition) is 1. The molecule has 2 heterocycles. The first-order valence-corrected chi connectivity index (χ1v) is 4.08. The van der Waals surface area contributed by atoms with Crippen LogP contribution in [0.1, 0.15) is 11.1 Å². The fourth-order valence-corrected chi connectivity index (χ4v) is 1.64. The molecule has 0 aromatic carbocycles. The van der Waals surface area contributed by atoms with Gasteiger partial charge in [0.05, 0.1) is 0 Å². The van der Waals surface area contributed by atoms with Gasteiger partial charge in [-0.05, 0) is 30.2 Å². The lowest BCUT2D eigenvalue weighted by Gasteiger charge is -2.16. The zero-order chi connectivity index (χ0) is 7.68. The van der Waals surface area contributed by atoms with Crippen molar-refractivity contribution in [1.82, 2.24) is 10.3 Å². The molecule has 0 aliphatic carbocycles. The van der Waals surface area contributed by atoms with Crippen molar-refractivity contribution in [2.24, 2.45) is 0 Å². The maximum absolute atomic E-state index is 5.90. The van der Waals surface area contributed by atoms with Crippen molar-refractivity contribution in [2.45, 2.75) is 13.0 Å². The summed E-state index contributed by atoms with van der Waals surface area (Å²) in [5.74, 6) is 0. The van der Waals surface area contributed by atoms with Crippen molar-refractivity contribution in [3.63, 3.8) is 0 Å². The van der Waals surface area contributed by atoms with Gasteiger partial charge in [-0.1, -0.05) is 11.6 Å². The second kappa shape index (κ2) is 2.80. The summed E-state index contributed by atoms with van der Waals surface area (Å²) >= 11 is 5.90. The van der Waals surface area contributed by atoms with Crippen molar-refractivity contribution in [3.8, 4) is 0 Å². The van der Waals surface area contributed by atoms with Crippen molar-refractivity contribution < 1.29 is 0 Å². The molecule has 58 valence electrons. The third kappa shape index (κ3) is 1.24. The van der Waals surface area contributed by atoms with E-state index in [-0.39, 0.29) is 0 Å². The average Bonchev–Trinajstić information content (AvgIpc) is 2.06. The Hall–Kier alpha value is -0.600. The van der Waals surface area contributed by atoms with Crippen LogP contribution < -0.4 is 5.32 Å². The summed E-state index contributed by atoms with van der Waals surface area (Å²) in [6.45, 7) is 1.94. The predicted octanol–water partition coefficient (Wildman–Crippen LogP) is 1.38. The average molecular weight is 169 g/mol. The van der Waals surface area contributed by atoms with Crippen LogP contribution in [0.2, 0.25) is 5.15 Å². The molecular weight excluding hydrogens is 160 g/mol. The second-order valence-electron chi connectivity index (χ2n) is 2.67. The summed E-state index contributed by atoms with van der Waals surface area (Å²) in [7, 11) is 0. The van der Waals surface area contributed by atoms with Gasteiger partial charge in [0.2, 0.25) is 0 Å². The summed E-state index contributed by atoms with van der Waals surface area (Å²) in [6.07, 6.45) is 2.76. The Bertz CT molecular complexity index is 273. The van der Waals surface area contributed by atoms with E-state index in [0.717, 1.165) is 19.5 Å². The first-order valence-electron chi connectivity index (χ1n) is 3.71. The number of nitrogens with zero attached hydrogens (tertiary/aromatic N) is 1. The Balaban J connectivity index is 2.49. The Labute approximate surface area is 70.6 Å². The molecule has 1 N–H and O–H groups in total. The first kappa shape index (κ1) is 7.07. The molecule has 2 nitrogen and oxygen atoms in total. The largest absolute Gasteiger partial charge is 0.312 e. The van der Waals surface area contributed by atoms with E-state index in [9.17, 15) is 0 Å². The summed E-state index contributed by atoms with van der Waals surface area (Å²) in [6, 6.07) is 2.02. The third-order valence-corrected chi connectivity index (χ3v) is 2.29. The van der Waals surface area contributed by atoms with Crippen LogP contribution in [0.3, 0.4) is 0 Å². The minimum atomic E-state index is 0.670. The molecule has 0 amide bonds. The molecule has 3 heteroatoms. The second-order valence-corrected chi connectivity index (χ2v) is 3.02. The zero-order valence-electron chi connectivity index (χ0n) is 6.10. The standard InChI is InChI=1S/C8H9ClN2/c9-8-7-2-3-10-5-6(7)1-4-11-8/h1,4,10H,2-3,5H2. The molecule has 1 aromatic rings. The van der Waals surface area contributed by atoms with Crippen molar-refractivity contribution in [1.29, 1.82) is 0 Å². The molecule has 1 aliphatic rings. The van der Waals surface area contributed by atoms with E-state index in [1.165, 1.54) is 11.1 Å². The van der Waals surface area contributed by atoms with Gasteiger partial charge in [0, 0.05) is 12.7 Å². The van der Waals surface area contributed by atoms with Gasteiger partial charge in [-0.25, -0.2) is 4.98 Å². The lowest BCUT2D eigenvalue weighted by Crippen LogP contribution is -2.23. The lowest BCUT2D eigenvalue weighted by molar-refractivity contribution is 0.641. The minimum absolute atomic E-state index is 0.670. The molecule has 0 fully saturated rings. The van der Waals surface area contributed by atoms with Crippen molar-refractivity contribution in [2.75, 3.05) is 6.54 Å². The molecule has 0 bridgehead atoms. The van der Waals surface area contributed by atoms with Gasteiger partial charge in [0.15, 0.2) is 0 Å². The van der Waals surface area contributed by atoms with Gasteiger partial charge in [0.1, 0.15) is 5.15 Å². The Kier molecular flexibility index (Phi) is 1.80. The predicted molar refractivity (Wildman–Crippen MR) is 44.7 cm³/mol. The Morgan fingerprint density at radius 3 is 3.27 bits per heavy atom. The highest BCUT2D eigenvalue weighted by Gasteiger charge is 2.11. The third-order valence-electron chi connectivity index (χ3n) is 1.97. The van der Waals surface area contributed by atoms with Crippen LogP contribution in [-0.2, 0) is 13.0 Å². The quantitative estimate of drug-likeness (QED) is 0.592. The Morgan fingerprint density at radius 2 is 2.45 bits per heavy atom. The molecule has 1 aromatic heterocycles. The number of aromatic nitrogens is 1. The van der Waals surface area contributed by atoms with E-state index in [1.807, 2.05) is 6.07 Å². The van der Waals surface area contributed by atoms with Crippen LogP contribution in [0.4, 0.5) is 0 Å². The van der Waals surface area contributed by atoms with Gasteiger partial charge in [-0.3, -0.25) is 0 Å². The van der Waals surface area contributed by atoms with Gasteiger partial charge < -0.3 is 5.32 Å². The molecule has 0 spiro atoms. The van der Waals surface area contributed by atoms with Gasteiger partial charge in [-0.2, -0.15) is 0 Å². The van der Waals surface area contributed by atoms with Crippen LogP contribution in [0, 0.1) is 0 Å². The SMILES string of the molecule is Clc1nccc2c1CCNC2. The number of nitrogens with one attached hydrogen (secondary N) is 1. The van der Waals surface area contributed by atoms with Gasteiger partial charge in [-0.15, -0.1) is 0 Å². The van der Waals surface area contributed by atoms with E-state index in [0.29, 0.717) is 5.15 Å². The highest BCUT2D eigenvalue weighted by molar-refractivity contribution is 6.30. The number of pyridine rings is 1. The Morgan fingerprint density at radius 1 is 1.55 bits per heavy atom. The molecule has 0 saturated heterocycles. The molecule has 0 unspecified atom stereocenters. The molecule has 0 atom stereocenters. The summed E-state index contributed by atoms with van der Waals surface area (Å²) < 4.78 is 0. The van der Waals surface area contributed by atoms with Crippen molar-refractivity contribution in [3.05, 3.63) is 28.5 Å². The highest BCUT2D eigenvalue weighted by Crippen LogP contribution is 2.19. The van der Waals surface area contributed by atoms with Crippen LogP contribution >= 0.6 is 11.6 Å². The number of halogens is 1. The van der Waals surface area contributed by atoms with Crippen LogP contribution in [0.15, 0.2) is 12.3 Å². The summed E-state index contributed by atoms with van der Waals surface area (Å²) in [4.78, 5) is 4.03. The number of rotatable bonds is 0. The fraction of sp³-hybridized carbons (Fsp3) is 0.375. The number of hydrogen-bond acceptors (Lipinski definition) is 2. The van der Waals surface area contributed by atoms with E-state index in [1.54, 1.807) is 6.20 Å².